The molecule has 4 nitrogen and oxygen atoms in total. The number of aliphatic hydroxyl groups is 2. The molecule has 0 aromatic carbocycles. The van der Waals surface area contributed by atoms with Gasteiger partial charge in [-0.1, -0.05) is 20.8 Å². The number of hydrogen-bond acceptors (Lipinski definition) is 3. The van der Waals surface area contributed by atoms with Crippen molar-refractivity contribution in [3.8, 4) is 0 Å². The van der Waals surface area contributed by atoms with E-state index in [1.54, 1.807) is 0 Å². The minimum Gasteiger partial charge on any atom is -0.412 e. The van der Waals surface area contributed by atoms with Crippen molar-refractivity contribution in [3.05, 3.63) is 0 Å². The van der Waals surface area contributed by atoms with Crippen molar-refractivity contribution >= 4 is 0 Å². The zero-order valence-electron chi connectivity index (χ0n) is 8.66. The van der Waals surface area contributed by atoms with Gasteiger partial charge in [-0.3, -0.25) is 0 Å². The molecular weight excluding hydrogens is 172 g/mol. The third-order valence-electron chi connectivity index (χ3n) is 1.96. The van der Waals surface area contributed by atoms with Crippen molar-refractivity contribution in [3.63, 3.8) is 0 Å². The molecule has 0 unspecified atom stereocenters. The van der Waals surface area contributed by atoms with Crippen LogP contribution >= 0.6 is 0 Å². The topological polar surface area (TPSA) is 81.2 Å². The minimum absolute atomic E-state index is 0. The predicted octanol–water partition coefficient (Wildman–Crippen LogP) is -0.0339. The largest absolute Gasteiger partial charge is 0.412 e. The van der Waals surface area contributed by atoms with Crippen LogP contribution in [0.5, 0.6) is 0 Å². The lowest BCUT2D eigenvalue weighted by atomic mass is 9.97. The molecule has 1 aliphatic heterocycles. The third-order valence-corrected chi connectivity index (χ3v) is 1.96. The lowest BCUT2D eigenvalue weighted by molar-refractivity contribution is -0.0937. The van der Waals surface area contributed by atoms with Crippen LogP contribution in [0.15, 0.2) is 0 Å². The van der Waals surface area contributed by atoms with Crippen LogP contribution in [0.1, 0.15) is 27.2 Å². The van der Waals surface area contributed by atoms with Gasteiger partial charge in [-0.05, 0) is 0 Å². The molecule has 0 aromatic heterocycles. The van der Waals surface area contributed by atoms with E-state index >= 15 is 0 Å². The second kappa shape index (κ2) is 8.44. The Balaban J connectivity index is 0. The standard InChI is InChI=1S/C7H14O3.C2H6.H2O/c1-5-4-10-6(3-8)2-7(5)9;1-2;/h5-9H,2-4H2,1H3;1-2H3;1H2/t5-,6+,7+;;/m1../s1. The van der Waals surface area contributed by atoms with E-state index in [0.717, 1.165) is 0 Å². The molecule has 4 heteroatoms. The smallest absolute Gasteiger partial charge is 0.0830 e. The Kier molecular flexibility index (Phi) is 9.94. The summed E-state index contributed by atoms with van der Waals surface area (Å²) in [6, 6.07) is 0. The Bertz CT molecular complexity index is 108. The highest BCUT2D eigenvalue weighted by Crippen LogP contribution is 2.18. The molecule has 1 rings (SSSR count). The van der Waals surface area contributed by atoms with Gasteiger partial charge in [0.05, 0.1) is 25.4 Å². The van der Waals surface area contributed by atoms with Gasteiger partial charge in [-0.15, -0.1) is 0 Å². The van der Waals surface area contributed by atoms with E-state index < -0.39 is 0 Å². The summed E-state index contributed by atoms with van der Waals surface area (Å²) in [4.78, 5) is 0. The van der Waals surface area contributed by atoms with E-state index in [9.17, 15) is 5.11 Å². The Labute approximate surface area is 79.8 Å². The predicted molar refractivity (Wildman–Crippen MR) is 51.6 cm³/mol. The van der Waals surface area contributed by atoms with Crippen molar-refractivity contribution < 1.29 is 20.4 Å². The van der Waals surface area contributed by atoms with E-state index in [0.29, 0.717) is 13.0 Å². The number of aliphatic hydroxyl groups excluding tert-OH is 2. The van der Waals surface area contributed by atoms with Gasteiger partial charge < -0.3 is 20.4 Å². The highest BCUT2D eigenvalue weighted by molar-refractivity contribution is 4.74. The van der Waals surface area contributed by atoms with Gasteiger partial charge in [-0.25, -0.2) is 0 Å². The maximum absolute atomic E-state index is 9.29. The number of hydrogen-bond donors (Lipinski definition) is 2. The molecule has 1 heterocycles. The van der Waals surface area contributed by atoms with Gasteiger partial charge >= 0.3 is 0 Å². The Morgan fingerprint density at radius 3 is 2.31 bits per heavy atom. The van der Waals surface area contributed by atoms with E-state index in [1.165, 1.54) is 0 Å². The van der Waals surface area contributed by atoms with Crippen LogP contribution in [0.3, 0.4) is 0 Å². The van der Waals surface area contributed by atoms with E-state index in [2.05, 4.69) is 0 Å². The summed E-state index contributed by atoms with van der Waals surface area (Å²) in [6.07, 6.45) is 0.120. The van der Waals surface area contributed by atoms with Gasteiger partial charge in [0, 0.05) is 12.3 Å². The molecule has 0 aromatic rings. The summed E-state index contributed by atoms with van der Waals surface area (Å²) < 4.78 is 5.20. The highest BCUT2D eigenvalue weighted by Gasteiger charge is 2.25. The molecular formula is C9H22O4. The number of ether oxygens (including phenoxy) is 1. The summed E-state index contributed by atoms with van der Waals surface area (Å²) in [5, 5.41) is 17.9. The molecule has 3 atom stereocenters. The lowest BCUT2D eigenvalue weighted by Crippen LogP contribution is -2.37. The monoisotopic (exact) mass is 194 g/mol. The fourth-order valence-corrected chi connectivity index (χ4v) is 1.10. The van der Waals surface area contributed by atoms with Gasteiger partial charge in [-0.2, -0.15) is 0 Å². The third kappa shape index (κ3) is 5.21. The van der Waals surface area contributed by atoms with Gasteiger partial charge in [0.2, 0.25) is 0 Å². The Morgan fingerprint density at radius 1 is 1.38 bits per heavy atom. The van der Waals surface area contributed by atoms with E-state index in [4.69, 9.17) is 9.84 Å². The van der Waals surface area contributed by atoms with Crippen molar-refractivity contribution in [2.24, 2.45) is 5.92 Å². The molecule has 0 bridgehead atoms. The SMILES string of the molecule is CC.C[C@@H]1CO[C@H](CO)C[C@@H]1O.O. The summed E-state index contributed by atoms with van der Waals surface area (Å²) in [6.45, 7) is 6.52. The molecule has 0 radical (unpaired) electrons. The molecule has 13 heavy (non-hydrogen) atoms. The summed E-state index contributed by atoms with van der Waals surface area (Å²) in [5.74, 6) is 0.211. The summed E-state index contributed by atoms with van der Waals surface area (Å²) >= 11 is 0. The second-order valence-electron chi connectivity index (χ2n) is 2.92. The summed E-state index contributed by atoms with van der Waals surface area (Å²) in [5.41, 5.74) is 0. The van der Waals surface area contributed by atoms with Crippen LogP contribution < -0.4 is 0 Å². The maximum atomic E-state index is 9.29. The van der Waals surface area contributed by atoms with Gasteiger partial charge in [0.25, 0.3) is 0 Å². The normalized spacial score (nSPS) is 32.5. The van der Waals surface area contributed by atoms with Gasteiger partial charge in [0.1, 0.15) is 0 Å². The fraction of sp³-hybridized carbons (Fsp3) is 1.00. The second-order valence-corrected chi connectivity index (χ2v) is 2.92. The molecule has 1 aliphatic rings. The first-order valence-corrected chi connectivity index (χ1v) is 4.64. The minimum atomic E-state index is -0.300. The zero-order chi connectivity index (χ0) is 9.56. The Hall–Kier alpha value is -0.160. The highest BCUT2D eigenvalue weighted by atomic mass is 16.5. The van der Waals surface area contributed by atoms with Crippen LogP contribution in [0.25, 0.3) is 0 Å². The van der Waals surface area contributed by atoms with Crippen molar-refractivity contribution in [1.82, 2.24) is 0 Å². The average Bonchev–Trinajstić information content (AvgIpc) is 2.13. The van der Waals surface area contributed by atoms with E-state index in [-0.39, 0.29) is 30.2 Å². The molecule has 82 valence electrons. The fourth-order valence-electron chi connectivity index (χ4n) is 1.10. The molecule has 0 amide bonds. The van der Waals surface area contributed by atoms with E-state index in [1.807, 2.05) is 20.8 Å². The Morgan fingerprint density at radius 2 is 1.92 bits per heavy atom. The van der Waals surface area contributed by atoms with Crippen LogP contribution in [0.2, 0.25) is 0 Å². The molecule has 1 fully saturated rings. The van der Waals surface area contributed by atoms with Crippen molar-refractivity contribution in [1.29, 1.82) is 0 Å². The molecule has 4 N–H and O–H groups in total. The van der Waals surface area contributed by atoms with Crippen LogP contribution in [-0.2, 0) is 4.74 Å². The van der Waals surface area contributed by atoms with Crippen LogP contribution in [0, 0.1) is 5.92 Å². The zero-order valence-corrected chi connectivity index (χ0v) is 8.66. The maximum Gasteiger partial charge on any atom is 0.0830 e. The van der Waals surface area contributed by atoms with Crippen LogP contribution in [-0.4, -0.2) is 41.1 Å². The quantitative estimate of drug-likeness (QED) is 0.615. The van der Waals surface area contributed by atoms with Crippen molar-refractivity contribution in [2.75, 3.05) is 13.2 Å². The molecule has 1 saturated heterocycles. The van der Waals surface area contributed by atoms with Crippen LogP contribution in [0.4, 0.5) is 0 Å². The first kappa shape index (κ1) is 15.3. The summed E-state index contributed by atoms with van der Waals surface area (Å²) in [7, 11) is 0. The van der Waals surface area contributed by atoms with Gasteiger partial charge in [0.15, 0.2) is 0 Å². The lowest BCUT2D eigenvalue weighted by Gasteiger charge is -2.30. The average molecular weight is 194 g/mol. The number of rotatable bonds is 1. The first-order chi connectivity index (χ1) is 5.74. The molecule has 0 saturated carbocycles. The first-order valence-electron chi connectivity index (χ1n) is 4.64. The van der Waals surface area contributed by atoms with Crippen molar-refractivity contribution in [2.45, 2.75) is 39.4 Å². The molecule has 0 aliphatic carbocycles. The molecule has 0 spiro atoms.